The van der Waals surface area contributed by atoms with Gasteiger partial charge in [-0.3, -0.25) is 4.98 Å². The van der Waals surface area contributed by atoms with E-state index >= 15 is 0 Å². The minimum atomic E-state index is 0.0283. The number of aliphatic hydroxyl groups is 1. The molecule has 1 aliphatic rings. The van der Waals surface area contributed by atoms with Crippen LogP contribution in [0, 0.1) is 0 Å². The van der Waals surface area contributed by atoms with Crippen molar-refractivity contribution in [3.63, 3.8) is 0 Å². The molecule has 0 amide bonds. The summed E-state index contributed by atoms with van der Waals surface area (Å²) in [5, 5.41) is 12.4. The Hall–Kier alpha value is -0.930. The van der Waals surface area contributed by atoms with Crippen molar-refractivity contribution in [1.29, 1.82) is 0 Å². The molecule has 3 heteroatoms. The lowest BCUT2D eigenvalue weighted by Gasteiger charge is -2.23. The van der Waals surface area contributed by atoms with Crippen LogP contribution in [0.4, 0.5) is 0 Å². The van der Waals surface area contributed by atoms with E-state index in [1.54, 1.807) is 0 Å². The molecule has 1 saturated heterocycles. The zero-order valence-corrected chi connectivity index (χ0v) is 8.24. The van der Waals surface area contributed by atoms with Crippen LogP contribution in [-0.2, 0) is 6.61 Å². The molecule has 0 spiro atoms. The van der Waals surface area contributed by atoms with E-state index in [1.807, 2.05) is 18.2 Å². The summed E-state index contributed by atoms with van der Waals surface area (Å²) in [6.45, 7) is 1.11. The first-order valence-electron chi connectivity index (χ1n) is 5.20. The van der Waals surface area contributed by atoms with E-state index in [4.69, 9.17) is 5.11 Å². The Labute approximate surface area is 84.2 Å². The van der Waals surface area contributed by atoms with Crippen LogP contribution in [0.5, 0.6) is 0 Å². The number of aromatic nitrogens is 1. The number of hydrogen-bond acceptors (Lipinski definition) is 3. The van der Waals surface area contributed by atoms with Crippen molar-refractivity contribution < 1.29 is 5.11 Å². The van der Waals surface area contributed by atoms with Crippen molar-refractivity contribution in [3.05, 3.63) is 29.6 Å². The number of pyridine rings is 1. The van der Waals surface area contributed by atoms with Crippen LogP contribution < -0.4 is 5.32 Å². The third-order valence-corrected chi connectivity index (χ3v) is 2.66. The van der Waals surface area contributed by atoms with Crippen molar-refractivity contribution in [3.8, 4) is 0 Å². The zero-order chi connectivity index (χ0) is 9.80. The van der Waals surface area contributed by atoms with Gasteiger partial charge in [0, 0.05) is 6.04 Å². The number of nitrogens with one attached hydrogen (secondary N) is 1. The van der Waals surface area contributed by atoms with Crippen LogP contribution >= 0.6 is 0 Å². The molecule has 0 radical (unpaired) electrons. The summed E-state index contributed by atoms with van der Waals surface area (Å²) in [6, 6.07) is 6.23. The van der Waals surface area contributed by atoms with Gasteiger partial charge in [-0.15, -0.1) is 0 Å². The zero-order valence-electron chi connectivity index (χ0n) is 8.24. The maximum atomic E-state index is 8.98. The second-order valence-corrected chi connectivity index (χ2v) is 3.71. The maximum absolute atomic E-state index is 8.98. The van der Waals surface area contributed by atoms with Crippen LogP contribution in [0.1, 0.15) is 36.7 Å². The van der Waals surface area contributed by atoms with Crippen molar-refractivity contribution in [2.24, 2.45) is 0 Å². The predicted molar refractivity (Wildman–Crippen MR) is 54.8 cm³/mol. The summed E-state index contributed by atoms with van der Waals surface area (Å²) in [5.41, 5.74) is 1.83. The largest absolute Gasteiger partial charge is 0.390 e. The van der Waals surface area contributed by atoms with E-state index in [1.165, 1.54) is 12.8 Å². The molecule has 3 nitrogen and oxygen atoms in total. The monoisotopic (exact) mass is 192 g/mol. The molecule has 0 aliphatic carbocycles. The molecule has 0 bridgehead atoms. The molecular formula is C11H16N2O. The van der Waals surface area contributed by atoms with Crippen LogP contribution in [0.25, 0.3) is 0 Å². The average molecular weight is 192 g/mol. The standard InChI is InChI=1S/C11H16N2O/c14-8-9-4-3-6-11(13-9)10-5-1-2-7-12-10/h3-4,6,10,12,14H,1-2,5,7-8H2/t10-/m0/s1. The molecule has 14 heavy (non-hydrogen) atoms. The lowest BCUT2D eigenvalue weighted by atomic mass is 10.0. The first-order valence-corrected chi connectivity index (χ1v) is 5.20. The minimum absolute atomic E-state index is 0.0283. The molecular weight excluding hydrogens is 176 g/mol. The SMILES string of the molecule is OCc1cccc([C@@H]2CCCCN2)n1. The second kappa shape index (κ2) is 4.53. The highest BCUT2D eigenvalue weighted by molar-refractivity contribution is 5.14. The van der Waals surface area contributed by atoms with Crippen LogP contribution in [-0.4, -0.2) is 16.6 Å². The average Bonchev–Trinajstić information content (AvgIpc) is 2.30. The minimum Gasteiger partial charge on any atom is -0.390 e. The highest BCUT2D eigenvalue weighted by atomic mass is 16.3. The molecule has 0 saturated carbocycles. The summed E-state index contributed by atoms with van der Waals surface area (Å²) >= 11 is 0. The summed E-state index contributed by atoms with van der Waals surface area (Å²) < 4.78 is 0. The Kier molecular flexibility index (Phi) is 3.11. The quantitative estimate of drug-likeness (QED) is 0.744. The highest BCUT2D eigenvalue weighted by Crippen LogP contribution is 2.21. The summed E-state index contributed by atoms with van der Waals surface area (Å²) in [6.07, 6.45) is 3.68. The van der Waals surface area contributed by atoms with Gasteiger partial charge in [0.05, 0.1) is 18.0 Å². The van der Waals surface area contributed by atoms with Gasteiger partial charge in [-0.05, 0) is 31.5 Å². The number of aliphatic hydroxyl groups excluding tert-OH is 1. The van der Waals surface area contributed by atoms with Gasteiger partial charge in [0.15, 0.2) is 0 Å². The van der Waals surface area contributed by atoms with Gasteiger partial charge in [0.25, 0.3) is 0 Å². The van der Waals surface area contributed by atoms with Gasteiger partial charge in [-0.1, -0.05) is 12.5 Å². The molecule has 1 aromatic rings. The summed E-state index contributed by atoms with van der Waals surface area (Å²) in [7, 11) is 0. The van der Waals surface area contributed by atoms with E-state index in [-0.39, 0.29) is 6.61 Å². The first-order chi connectivity index (χ1) is 6.90. The fraction of sp³-hybridized carbons (Fsp3) is 0.545. The Morgan fingerprint density at radius 3 is 3.07 bits per heavy atom. The Morgan fingerprint density at radius 2 is 2.36 bits per heavy atom. The smallest absolute Gasteiger partial charge is 0.0853 e. The van der Waals surface area contributed by atoms with Gasteiger partial charge in [-0.25, -0.2) is 0 Å². The molecule has 2 heterocycles. The summed E-state index contributed by atoms with van der Waals surface area (Å²) in [5.74, 6) is 0. The highest BCUT2D eigenvalue weighted by Gasteiger charge is 2.15. The second-order valence-electron chi connectivity index (χ2n) is 3.71. The predicted octanol–water partition coefficient (Wildman–Crippen LogP) is 1.39. The van der Waals surface area contributed by atoms with Gasteiger partial charge >= 0.3 is 0 Å². The van der Waals surface area contributed by atoms with Crippen LogP contribution in [0.3, 0.4) is 0 Å². The summed E-state index contributed by atoms with van der Waals surface area (Å²) in [4.78, 5) is 4.40. The maximum Gasteiger partial charge on any atom is 0.0853 e. The Balaban J connectivity index is 2.13. The lowest BCUT2D eigenvalue weighted by molar-refractivity contribution is 0.275. The van der Waals surface area contributed by atoms with E-state index in [9.17, 15) is 0 Å². The van der Waals surface area contributed by atoms with E-state index in [2.05, 4.69) is 10.3 Å². The number of nitrogens with zero attached hydrogens (tertiary/aromatic N) is 1. The van der Waals surface area contributed by atoms with Crippen molar-refractivity contribution >= 4 is 0 Å². The van der Waals surface area contributed by atoms with Gasteiger partial charge < -0.3 is 10.4 Å². The first kappa shape index (κ1) is 9.62. The number of hydrogen-bond donors (Lipinski definition) is 2. The van der Waals surface area contributed by atoms with Crippen molar-refractivity contribution in [2.75, 3.05) is 6.54 Å². The molecule has 1 aliphatic heterocycles. The van der Waals surface area contributed by atoms with E-state index in [0.717, 1.165) is 24.4 Å². The van der Waals surface area contributed by atoms with Crippen molar-refractivity contribution in [1.82, 2.24) is 10.3 Å². The van der Waals surface area contributed by atoms with Crippen LogP contribution in [0.2, 0.25) is 0 Å². The molecule has 76 valence electrons. The third-order valence-electron chi connectivity index (χ3n) is 2.66. The molecule has 1 fully saturated rings. The number of rotatable bonds is 2. The Morgan fingerprint density at radius 1 is 1.43 bits per heavy atom. The van der Waals surface area contributed by atoms with Crippen molar-refractivity contribution in [2.45, 2.75) is 31.9 Å². The van der Waals surface area contributed by atoms with E-state index in [0.29, 0.717) is 6.04 Å². The number of piperidine rings is 1. The Bertz CT molecular complexity index is 295. The van der Waals surface area contributed by atoms with Crippen LogP contribution in [0.15, 0.2) is 18.2 Å². The van der Waals surface area contributed by atoms with Gasteiger partial charge in [0.2, 0.25) is 0 Å². The molecule has 1 aromatic heterocycles. The fourth-order valence-corrected chi connectivity index (χ4v) is 1.88. The lowest BCUT2D eigenvalue weighted by Crippen LogP contribution is -2.27. The fourth-order valence-electron chi connectivity index (χ4n) is 1.88. The molecule has 2 N–H and O–H groups in total. The molecule has 1 atom stereocenters. The topological polar surface area (TPSA) is 45.1 Å². The molecule has 2 rings (SSSR count). The van der Waals surface area contributed by atoms with Gasteiger partial charge in [0.1, 0.15) is 0 Å². The third kappa shape index (κ3) is 2.11. The molecule has 0 unspecified atom stereocenters. The van der Waals surface area contributed by atoms with Gasteiger partial charge in [-0.2, -0.15) is 0 Å². The normalized spacial score (nSPS) is 22.2. The van der Waals surface area contributed by atoms with E-state index < -0.39 is 0 Å². The molecule has 0 aromatic carbocycles.